The van der Waals surface area contributed by atoms with Gasteiger partial charge in [0, 0.05) is 12.3 Å². The molecule has 1 aromatic heterocycles. The number of anilines is 1. The summed E-state index contributed by atoms with van der Waals surface area (Å²) in [6.45, 7) is 0. The largest absolute Gasteiger partial charge is 0.382 e. The highest BCUT2D eigenvalue weighted by atomic mass is 79.9. The molecule has 0 atom stereocenters. The zero-order chi connectivity index (χ0) is 10.1. The Morgan fingerprint density at radius 3 is 2.79 bits per heavy atom. The van der Waals surface area contributed by atoms with Gasteiger partial charge in [-0.15, -0.1) is 0 Å². The first-order valence-corrected chi connectivity index (χ1v) is 5.11. The molecule has 1 aromatic carbocycles. The van der Waals surface area contributed by atoms with Gasteiger partial charge in [0.2, 0.25) is 0 Å². The van der Waals surface area contributed by atoms with Gasteiger partial charge in [0.05, 0.1) is 15.2 Å². The highest BCUT2D eigenvalue weighted by Crippen LogP contribution is 2.28. The Morgan fingerprint density at radius 2 is 2.14 bits per heavy atom. The van der Waals surface area contributed by atoms with Crippen molar-refractivity contribution in [1.29, 1.82) is 0 Å². The Hall–Kier alpha value is -1.000. The van der Waals surface area contributed by atoms with Crippen LogP contribution < -0.4 is 5.73 Å². The number of rotatable bonds is 1. The molecule has 0 spiro atoms. The topological polar surface area (TPSA) is 43.8 Å². The molecule has 2 aromatic rings. The van der Waals surface area contributed by atoms with E-state index in [4.69, 9.17) is 17.3 Å². The number of benzene rings is 1. The fraction of sp³-hybridized carbons (Fsp3) is 0. The summed E-state index contributed by atoms with van der Waals surface area (Å²) in [6.07, 6.45) is 1.78. The quantitative estimate of drug-likeness (QED) is 0.867. The van der Waals surface area contributed by atoms with Gasteiger partial charge in [-0.25, -0.2) is 4.68 Å². The van der Waals surface area contributed by atoms with Crippen LogP contribution in [0.3, 0.4) is 0 Å². The molecule has 0 aliphatic heterocycles. The van der Waals surface area contributed by atoms with Crippen molar-refractivity contribution < 1.29 is 0 Å². The molecule has 0 aliphatic carbocycles. The van der Waals surface area contributed by atoms with Crippen LogP contribution in [-0.2, 0) is 0 Å². The second-order valence-corrected chi connectivity index (χ2v) is 3.96. The summed E-state index contributed by atoms with van der Waals surface area (Å²) < 4.78 is 2.48. The van der Waals surface area contributed by atoms with Crippen LogP contribution >= 0.6 is 27.5 Å². The van der Waals surface area contributed by atoms with Gasteiger partial charge >= 0.3 is 0 Å². The predicted molar refractivity (Wildman–Crippen MR) is 60.7 cm³/mol. The summed E-state index contributed by atoms with van der Waals surface area (Å²) in [6, 6.07) is 7.30. The smallest absolute Gasteiger partial charge is 0.145 e. The van der Waals surface area contributed by atoms with Crippen molar-refractivity contribution in [3.05, 3.63) is 40.0 Å². The Morgan fingerprint density at radius 1 is 1.36 bits per heavy atom. The Kier molecular flexibility index (Phi) is 2.48. The van der Waals surface area contributed by atoms with Gasteiger partial charge in [-0.2, -0.15) is 5.10 Å². The Bertz CT molecular complexity index is 467. The first-order valence-electron chi connectivity index (χ1n) is 3.94. The minimum atomic E-state index is 0.483. The van der Waals surface area contributed by atoms with E-state index in [1.807, 2.05) is 18.2 Å². The van der Waals surface area contributed by atoms with Crippen LogP contribution in [0.15, 0.2) is 34.9 Å². The molecule has 3 nitrogen and oxygen atoms in total. The molecule has 14 heavy (non-hydrogen) atoms. The van der Waals surface area contributed by atoms with Gasteiger partial charge < -0.3 is 5.73 Å². The van der Waals surface area contributed by atoms with Crippen molar-refractivity contribution in [3.8, 4) is 5.69 Å². The molecule has 0 bridgehead atoms. The van der Waals surface area contributed by atoms with E-state index in [1.165, 1.54) is 0 Å². The highest BCUT2D eigenvalue weighted by molar-refractivity contribution is 9.10. The number of nitrogen functional groups attached to an aromatic ring is 1. The van der Waals surface area contributed by atoms with Crippen molar-refractivity contribution in [2.75, 3.05) is 5.73 Å². The minimum Gasteiger partial charge on any atom is -0.382 e. The van der Waals surface area contributed by atoms with Gasteiger partial charge in [0.1, 0.15) is 5.82 Å². The highest BCUT2D eigenvalue weighted by Gasteiger charge is 2.06. The Balaban J connectivity index is 2.57. The zero-order valence-electron chi connectivity index (χ0n) is 7.11. The first-order chi connectivity index (χ1) is 6.68. The lowest BCUT2D eigenvalue weighted by Crippen LogP contribution is -1.97. The van der Waals surface area contributed by atoms with Crippen LogP contribution in [0.5, 0.6) is 0 Å². The third-order valence-corrected chi connectivity index (χ3v) is 3.16. The number of nitrogens with two attached hydrogens (primary N) is 1. The molecule has 72 valence electrons. The molecule has 5 heteroatoms. The van der Waals surface area contributed by atoms with E-state index in [-0.39, 0.29) is 0 Å². The lowest BCUT2D eigenvalue weighted by molar-refractivity contribution is 0.881. The normalized spacial score (nSPS) is 10.4. The number of nitrogens with zero attached hydrogens (tertiary/aromatic N) is 2. The van der Waals surface area contributed by atoms with Gasteiger partial charge in [-0.05, 0) is 28.1 Å². The molecule has 0 radical (unpaired) electrons. The second kappa shape index (κ2) is 3.63. The van der Waals surface area contributed by atoms with Crippen LogP contribution in [0, 0.1) is 0 Å². The number of hydrogen-bond acceptors (Lipinski definition) is 2. The van der Waals surface area contributed by atoms with Crippen molar-refractivity contribution in [2.45, 2.75) is 0 Å². The molecule has 0 saturated carbocycles. The summed E-state index contributed by atoms with van der Waals surface area (Å²) in [4.78, 5) is 0. The fourth-order valence-corrected chi connectivity index (χ4v) is 1.76. The van der Waals surface area contributed by atoms with Crippen LogP contribution in [0.2, 0.25) is 5.02 Å². The molecular weight excluding hydrogens is 265 g/mol. The van der Waals surface area contributed by atoms with Crippen molar-refractivity contribution in [1.82, 2.24) is 9.78 Å². The number of hydrogen-bond donors (Lipinski definition) is 1. The standard InChI is InChI=1S/C9H7BrClN3/c10-9-6(11)2-1-3-7(9)14-5-4-8(12)13-14/h1-5H,(H2,12,13). The van der Waals surface area contributed by atoms with Gasteiger partial charge in [0.15, 0.2) is 0 Å². The van der Waals surface area contributed by atoms with Crippen LogP contribution in [0.25, 0.3) is 5.69 Å². The average Bonchev–Trinajstić information content (AvgIpc) is 2.57. The van der Waals surface area contributed by atoms with E-state index >= 15 is 0 Å². The fourth-order valence-electron chi connectivity index (χ4n) is 1.14. The van der Waals surface area contributed by atoms with E-state index in [0.29, 0.717) is 10.8 Å². The van der Waals surface area contributed by atoms with E-state index in [9.17, 15) is 0 Å². The summed E-state index contributed by atoms with van der Waals surface area (Å²) >= 11 is 9.34. The molecule has 2 N–H and O–H groups in total. The molecule has 0 unspecified atom stereocenters. The van der Waals surface area contributed by atoms with Gasteiger partial charge in [-0.1, -0.05) is 17.7 Å². The van der Waals surface area contributed by atoms with E-state index in [2.05, 4.69) is 21.0 Å². The molecule has 2 rings (SSSR count). The van der Waals surface area contributed by atoms with Crippen molar-refractivity contribution >= 4 is 33.3 Å². The molecule has 0 fully saturated rings. The second-order valence-electron chi connectivity index (χ2n) is 2.76. The SMILES string of the molecule is Nc1ccn(-c2cccc(Cl)c2Br)n1. The van der Waals surface area contributed by atoms with Crippen LogP contribution in [-0.4, -0.2) is 9.78 Å². The van der Waals surface area contributed by atoms with Gasteiger partial charge in [-0.3, -0.25) is 0 Å². The van der Waals surface area contributed by atoms with Crippen molar-refractivity contribution in [2.24, 2.45) is 0 Å². The zero-order valence-corrected chi connectivity index (χ0v) is 9.46. The summed E-state index contributed by atoms with van der Waals surface area (Å²) in [5.41, 5.74) is 6.39. The van der Waals surface area contributed by atoms with Crippen LogP contribution in [0.1, 0.15) is 0 Å². The minimum absolute atomic E-state index is 0.483. The average molecular weight is 273 g/mol. The molecule has 1 heterocycles. The number of aromatic nitrogens is 2. The summed E-state index contributed by atoms with van der Waals surface area (Å²) in [5, 5.41) is 4.74. The monoisotopic (exact) mass is 271 g/mol. The third-order valence-electron chi connectivity index (χ3n) is 1.79. The molecule has 0 amide bonds. The van der Waals surface area contributed by atoms with Gasteiger partial charge in [0.25, 0.3) is 0 Å². The first kappa shape index (κ1) is 9.55. The summed E-state index contributed by atoms with van der Waals surface area (Å²) in [5.74, 6) is 0.483. The third kappa shape index (κ3) is 1.63. The molecular formula is C9H7BrClN3. The number of halogens is 2. The van der Waals surface area contributed by atoms with E-state index in [1.54, 1.807) is 16.9 Å². The van der Waals surface area contributed by atoms with E-state index < -0.39 is 0 Å². The Labute approximate surface area is 94.6 Å². The maximum atomic E-state index is 5.95. The lowest BCUT2D eigenvalue weighted by Gasteiger charge is -2.04. The lowest BCUT2D eigenvalue weighted by atomic mass is 10.3. The van der Waals surface area contributed by atoms with Crippen molar-refractivity contribution in [3.63, 3.8) is 0 Å². The molecule has 0 aliphatic rings. The van der Waals surface area contributed by atoms with E-state index in [0.717, 1.165) is 10.2 Å². The predicted octanol–water partition coefficient (Wildman–Crippen LogP) is 2.87. The van der Waals surface area contributed by atoms with Crippen LogP contribution in [0.4, 0.5) is 5.82 Å². The molecule has 0 saturated heterocycles. The maximum absolute atomic E-state index is 5.95. The summed E-state index contributed by atoms with van der Waals surface area (Å²) in [7, 11) is 0. The maximum Gasteiger partial charge on any atom is 0.145 e.